The Balaban J connectivity index is 1.70. The summed E-state index contributed by atoms with van der Waals surface area (Å²) in [6, 6.07) is 12.5. The lowest BCUT2D eigenvalue weighted by Crippen LogP contribution is -2.48. The summed E-state index contributed by atoms with van der Waals surface area (Å²) >= 11 is 0. The molecular weight excluding hydrogens is 342 g/mol. The number of carbonyl (C=O) groups is 2. The number of hydrogen-bond donors (Lipinski definition) is 1. The quantitative estimate of drug-likeness (QED) is 0.775. The van der Waals surface area contributed by atoms with Gasteiger partial charge in [-0.05, 0) is 43.2 Å². The molecular formula is C21H21N3O3. The monoisotopic (exact) mass is 363 g/mol. The second-order valence-electron chi connectivity index (χ2n) is 7.21. The Hall–Kier alpha value is -3.15. The molecule has 1 N–H and O–H groups in total. The predicted molar refractivity (Wildman–Crippen MR) is 102 cm³/mol. The third-order valence-electron chi connectivity index (χ3n) is 5.17. The molecule has 1 aliphatic heterocycles. The standard InChI is InChI=1S/C21H21N3O3/c1-13(2)24-12-22-17-9-15(7-8-18(17)24)20(25)23-11-16-6-4-3-5-14(16)10-19(23)21(26)27/h3-9,12-13,19H,10-11H2,1-2H3,(H,26,27)/t19-/m0/s1. The molecule has 0 aliphatic carbocycles. The van der Waals surface area contributed by atoms with Gasteiger partial charge in [0.25, 0.3) is 5.91 Å². The van der Waals surface area contributed by atoms with Crippen molar-refractivity contribution in [2.45, 2.75) is 38.9 Å². The molecule has 0 radical (unpaired) electrons. The number of carbonyl (C=O) groups excluding carboxylic acids is 1. The number of benzene rings is 2. The van der Waals surface area contributed by atoms with E-state index in [2.05, 4.69) is 18.8 Å². The number of aromatic nitrogens is 2. The molecule has 27 heavy (non-hydrogen) atoms. The van der Waals surface area contributed by atoms with E-state index >= 15 is 0 Å². The highest BCUT2D eigenvalue weighted by molar-refractivity contribution is 5.99. The molecule has 1 atom stereocenters. The van der Waals surface area contributed by atoms with Crippen LogP contribution in [-0.2, 0) is 17.8 Å². The number of nitrogens with zero attached hydrogens (tertiary/aromatic N) is 3. The third-order valence-corrected chi connectivity index (χ3v) is 5.17. The number of imidazole rings is 1. The molecule has 1 aliphatic rings. The van der Waals surface area contributed by atoms with Crippen molar-refractivity contribution in [3.63, 3.8) is 0 Å². The number of carboxylic acid groups (broad SMARTS) is 1. The van der Waals surface area contributed by atoms with E-state index in [9.17, 15) is 14.7 Å². The molecule has 0 bridgehead atoms. The van der Waals surface area contributed by atoms with Gasteiger partial charge >= 0.3 is 5.97 Å². The van der Waals surface area contributed by atoms with E-state index in [-0.39, 0.29) is 11.9 Å². The first-order valence-corrected chi connectivity index (χ1v) is 9.03. The minimum Gasteiger partial charge on any atom is -0.480 e. The lowest BCUT2D eigenvalue weighted by Gasteiger charge is -2.34. The number of rotatable bonds is 3. The number of aliphatic carboxylic acids is 1. The van der Waals surface area contributed by atoms with Crippen LogP contribution in [0.5, 0.6) is 0 Å². The lowest BCUT2D eigenvalue weighted by molar-refractivity contribution is -0.142. The second kappa shape index (κ2) is 6.54. The summed E-state index contributed by atoms with van der Waals surface area (Å²) < 4.78 is 2.04. The molecule has 4 rings (SSSR count). The van der Waals surface area contributed by atoms with Crippen LogP contribution in [0.4, 0.5) is 0 Å². The summed E-state index contributed by atoms with van der Waals surface area (Å²) in [6.07, 6.45) is 2.09. The van der Waals surface area contributed by atoms with Gasteiger partial charge in [-0.15, -0.1) is 0 Å². The molecule has 6 nitrogen and oxygen atoms in total. The van der Waals surface area contributed by atoms with Crippen molar-refractivity contribution < 1.29 is 14.7 Å². The van der Waals surface area contributed by atoms with Gasteiger partial charge in [0.15, 0.2) is 0 Å². The van der Waals surface area contributed by atoms with Crippen molar-refractivity contribution >= 4 is 22.9 Å². The van der Waals surface area contributed by atoms with Crippen molar-refractivity contribution in [1.82, 2.24) is 14.5 Å². The van der Waals surface area contributed by atoms with Gasteiger partial charge < -0.3 is 14.6 Å². The van der Waals surface area contributed by atoms with Gasteiger partial charge in [-0.3, -0.25) is 4.79 Å². The molecule has 0 spiro atoms. The summed E-state index contributed by atoms with van der Waals surface area (Å²) in [5, 5.41) is 9.66. The Morgan fingerprint density at radius 2 is 1.89 bits per heavy atom. The van der Waals surface area contributed by atoms with Crippen molar-refractivity contribution in [3.05, 3.63) is 65.5 Å². The maximum absolute atomic E-state index is 13.1. The number of fused-ring (bicyclic) bond motifs is 2. The van der Waals surface area contributed by atoms with Crippen LogP contribution in [-0.4, -0.2) is 37.5 Å². The third kappa shape index (κ3) is 2.97. The largest absolute Gasteiger partial charge is 0.480 e. The van der Waals surface area contributed by atoms with E-state index in [0.717, 1.165) is 22.2 Å². The Kier molecular flexibility index (Phi) is 4.18. The van der Waals surface area contributed by atoms with Crippen LogP contribution < -0.4 is 0 Å². The molecule has 2 aromatic carbocycles. The Morgan fingerprint density at radius 1 is 1.15 bits per heavy atom. The maximum atomic E-state index is 13.1. The van der Waals surface area contributed by atoms with Crippen LogP contribution in [0, 0.1) is 0 Å². The smallest absolute Gasteiger partial charge is 0.326 e. The topological polar surface area (TPSA) is 75.4 Å². The second-order valence-corrected chi connectivity index (χ2v) is 7.21. The van der Waals surface area contributed by atoms with Gasteiger partial charge in [-0.25, -0.2) is 9.78 Å². The molecule has 1 aromatic heterocycles. The van der Waals surface area contributed by atoms with Gasteiger partial charge in [-0.2, -0.15) is 0 Å². The van der Waals surface area contributed by atoms with Crippen LogP contribution >= 0.6 is 0 Å². The Morgan fingerprint density at radius 3 is 2.59 bits per heavy atom. The highest BCUT2D eigenvalue weighted by atomic mass is 16.4. The van der Waals surface area contributed by atoms with E-state index in [1.807, 2.05) is 34.9 Å². The first-order valence-electron chi connectivity index (χ1n) is 9.03. The molecule has 0 saturated carbocycles. The van der Waals surface area contributed by atoms with E-state index < -0.39 is 12.0 Å². The molecule has 6 heteroatoms. The average Bonchev–Trinajstić information content (AvgIpc) is 3.09. The highest BCUT2D eigenvalue weighted by Gasteiger charge is 2.35. The molecule has 3 aromatic rings. The zero-order valence-electron chi connectivity index (χ0n) is 15.3. The maximum Gasteiger partial charge on any atom is 0.326 e. The van der Waals surface area contributed by atoms with Gasteiger partial charge in [0.2, 0.25) is 0 Å². The van der Waals surface area contributed by atoms with Gasteiger partial charge in [0.05, 0.1) is 17.4 Å². The van der Waals surface area contributed by atoms with Crippen molar-refractivity contribution in [3.8, 4) is 0 Å². The molecule has 1 amide bonds. The van der Waals surface area contributed by atoms with Crippen molar-refractivity contribution in [2.75, 3.05) is 0 Å². The highest BCUT2D eigenvalue weighted by Crippen LogP contribution is 2.26. The van der Waals surface area contributed by atoms with E-state index in [0.29, 0.717) is 18.5 Å². The van der Waals surface area contributed by atoms with Crippen molar-refractivity contribution in [2.24, 2.45) is 0 Å². The lowest BCUT2D eigenvalue weighted by atomic mass is 9.93. The van der Waals surface area contributed by atoms with Crippen LogP contribution in [0.3, 0.4) is 0 Å². The van der Waals surface area contributed by atoms with Crippen LogP contribution in [0.1, 0.15) is 41.4 Å². The molecule has 138 valence electrons. The van der Waals surface area contributed by atoms with E-state index in [4.69, 9.17) is 0 Å². The van der Waals surface area contributed by atoms with Crippen molar-refractivity contribution in [1.29, 1.82) is 0 Å². The fourth-order valence-corrected chi connectivity index (χ4v) is 3.70. The first kappa shape index (κ1) is 17.3. The SMILES string of the molecule is CC(C)n1cnc2cc(C(=O)N3Cc4ccccc4C[C@H]3C(=O)O)ccc21. The zero-order chi connectivity index (χ0) is 19.1. The van der Waals surface area contributed by atoms with E-state index in [1.165, 1.54) is 4.90 Å². The number of hydrogen-bond acceptors (Lipinski definition) is 3. The van der Waals surface area contributed by atoms with Crippen LogP contribution in [0.2, 0.25) is 0 Å². The average molecular weight is 363 g/mol. The predicted octanol–water partition coefficient (Wildman–Crippen LogP) is 3.27. The summed E-state index contributed by atoms with van der Waals surface area (Å²) in [4.78, 5) is 30.8. The minimum atomic E-state index is -0.983. The summed E-state index contributed by atoms with van der Waals surface area (Å²) in [6.45, 7) is 4.44. The number of amides is 1. The fourth-order valence-electron chi connectivity index (χ4n) is 3.70. The molecule has 0 saturated heterocycles. The molecule has 2 heterocycles. The van der Waals surface area contributed by atoms with Crippen LogP contribution in [0.15, 0.2) is 48.8 Å². The van der Waals surface area contributed by atoms with Crippen LogP contribution in [0.25, 0.3) is 11.0 Å². The van der Waals surface area contributed by atoms with E-state index in [1.54, 1.807) is 18.5 Å². The minimum absolute atomic E-state index is 0.270. The summed E-state index contributed by atoms with van der Waals surface area (Å²) in [5.41, 5.74) is 4.13. The molecule has 0 fully saturated rings. The zero-order valence-corrected chi connectivity index (χ0v) is 15.3. The molecule has 0 unspecified atom stereocenters. The fraction of sp³-hybridized carbons (Fsp3) is 0.286. The number of carboxylic acids is 1. The Bertz CT molecular complexity index is 1040. The summed E-state index contributed by atoms with van der Waals surface area (Å²) in [5.74, 6) is -1.26. The Labute approximate surface area is 157 Å². The van der Waals surface area contributed by atoms with Gasteiger partial charge in [0.1, 0.15) is 6.04 Å². The first-order chi connectivity index (χ1) is 13.0. The van der Waals surface area contributed by atoms with Gasteiger partial charge in [0, 0.05) is 24.6 Å². The normalized spacial score (nSPS) is 16.6. The van der Waals surface area contributed by atoms with Gasteiger partial charge in [-0.1, -0.05) is 24.3 Å². The summed E-state index contributed by atoms with van der Waals surface area (Å²) in [7, 11) is 0.